The van der Waals surface area contributed by atoms with E-state index in [0.29, 0.717) is 42.5 Å². The molecule has 0 saturated carbocycles. The van der Waals surface area contributed by atoms with Gasteiger partial charge in [0.15, 0.2) is 5.82 Å². The number of nitrogens with zero attached hydrogens (tertiary/aromatic N) is 3. The Morgan fingerprint density at radius 1 is 1.48 bits per heavy atom. The van der Waals surface area contributed by atoms with Gasteiger partial charge in [-0.2, -0.15) is 4.98 Å². The minimum Gasteiger partial charge on any atom is -0.351 e. The van der Waals surface area contributed by atoms with Crippen molar-refractivity contribution in [1.82, 2.24) is 20.4 Å². The summed E-state index contributed by atoms with van der Waals surface area (Å²) in [5.41, 5.74) is 0. The van der Waals surface area contributed by atoms with E-state index in [-0.39, 0.29) is 17.7 Å². The molecule has 3 rings (SSSR count). The number of nitrogens with one attached hydrogen (secondary N) is 1. The van der Waals surface area contributed by atoms with E-state index < -0.39 is 0 Å². The smallest absolute Gasteiger partial charge is 0.261 e. The van der Waals surface area contributed by atoms with E-state index in [1.807, 2.05) is 16.3 Å². The zero-order valence-corrected chi connectivity index (χ0v) is 15.1. The lowest BCUT2D eigenvalue weighted by molar-refractivity contribution is -0.132. The Bertz CT molecular complexity index is 713. The van der Waals surface area contributed by atoms with Gasteiger partial charge < -0.3 is 14.7 Å². The number of carbonyl (C=O) groups is 2. The van der Waals surface area contributed by atoms with E-state index in [1.54, 1.807) is 13.0 Å². The van der Waals surface area contributed by atoms with Gasteiger partial charge in [-0.3, -0.25) is 9.59 Å². The first kappa shape index (κ1) is 17.6. The molecule has 2 amide bonds. The molecule has 8 heteroatoms. The number of piperidine rings is 1. The number of aryl methyl sites for hydroxylation is 1. The van der Waals surface area contributed by atoms with E-state index in [0.717, 1.165) is 19.4 Å². The summed E-state index contributed by atoms with van der Waals surface area (Å²) in [5, 5.41) is 8.55. The molecule has 1 atom stereocenters. The van der Waals surface area contributed by atoms with Gasteiger partial charge in [0.05, 0.1) is 10.8 Å². The summed E-state index contributed by atoms with van der Waals surface area (Å²) >= 11 is 1.41. The summed E-state index contributed by atoms with van der Waals surface area (Å²) in [7, 11) is 0. The quantitative estimate of drug-likeness (QED) is 0.797. The molecular formula is C17H22N4O3S. The standard InChI is InChI=1S/C17H22N4O3S/c1-12-19-17(24-20-12)13-5-3-9-21(11-13)15(22)7-2-8-18-16(23)14-6-4-10-25-14/h4,6,10,13H,2-3,5,7-9,11H2,1H3,(H,18,23). The van der Waals surface area contributed by atoms with Gasteiger partial charge in [0.1, 0.15) is 0 Å². The molecule has 1 unspecified atom stereocenters. The molecule has 0 bridgehead atoms. The fourth-order valence-corrected chi connectivity index (χ4v) is 3.62. The molecule has 0 aliphatic carbocycles. The van der Waals surface area contributed by atoms with Crippen LogP contribution >= 0.6 is 11.3 Å². The lowest BCUT2D eigenvalue weighted by Crippen LogP contribution is -2.39. The number of hydrogen-bond donors (Lipinski definition) is 1. The second-order valence-electron chi connectivity index (χ2n) is 6.20. The van der Waals surface area contributed by atoms with Crippen molar-refractivity contribution in [3.05, 3.63) is 34.1 Å². The zero-order chi connectivity index (χ0) is 17.6. The van der Waals surface area contributed by atoms with Crippen molar-refractivity contribution >= 4 is 23.2 Å². The zero-order valence-electron chi connectivity index (χ0n) is 14.2. The highest BCUT2D eigenvalue weighted by atomic mass is 32.1. The van der Waals surface area contributed by atoms with E-state index in [9.17, 15) is 9.59 Å². The molecule has 7 nitrogen and oxygen atoms in total. The summed E-state index contributed by atoms with van der Waals surface area (Å²) in [6, 6.07) is 3.64. The van der Waals surface area contributed by atoms with Crippen molar-refractivity contribution in [3.8, 4) is 0 Å². The third-order valence-corrected chi connectivity index (χ3v) is 5.13. The number of hydrogen-bond acceptors (Lipinski definition) is 6. The molecule has 3 heterocycles. The van der Waals surface area contributed by atoms with Crippen LogP contribution in [0, 0.1) is 6.92 Å². The van der Waals surface area contributed by atoms with Crippen molar-refractivity contribution in [2.24, 2.45) is 0 Å². The van der Waals surface area contributed by atoms with Crippen LogP contribution in [0.4, 0.5) is 0 Å². The number of rotatable bonds is 6. The van der Waals surface area contributed by atoms with E-state index in [4.69, 9.17) is 4.52 Å². The summed E-state index contributed by atoms with van der Waals surface area (Å²) < 4.78 is 5.25. The Balaban J connectivity index is 1.41. The van der Waals surface area contributed by atoms with Gasteiger partial charge in [0, 0.05) is 26.1 Å². The highest BCUT2D eigenvalue weighted by molar-refractivity contribution is 7.12. The van der Waals surface area contributed by atoms with Gasteiger partial charge in [-0.25, -0.2) is 0 Å². The molecule has 0 aromatic carbocycles. The van der Waals surface area contributed by atoms with Crippen LogP contribution < -0.4 is 5.32 Å². The maximum Gasteiger partial charge on any atom is 0.261 e. The maximum atomic E-state index is 12.4. The summed E-state index contributed by atoms with van der Waals surface area (Å²) in [4.78, 5) is 31.1. The molecule has 1 aliphatic rings. The predicted octanol–water partition coefficient (Wildman–Crippen LogP) is 2.36. The highest BCUT2D eigenvalue weighted by Gasteiger charge is 2.27. The Labute approximate surface area is 150 Å². The lowest BCUT2D eigenvalue weighted by atomic mass is 9.97. The molecule has 2 aromatic rings. The number of amides is 2. The van der Waals surface area contributed by atoms with Crippen LogP contribution in [0.25, 0.3) is 0 Å². The molecule has 1 saturated heterocycles. The van der Waals surface area contributed by atoms with Crippen LogP contribution in [0.3, 0.4) is 0 Å². The molecule has 1 fully saturated rings. The molecule has 0 radical (unpaired) electrons. The molecule has 1 N–H and O–H groups in total. The molecular weight excluding hydrogens is 340 g/mol. The Kier molecular flexibility index (Phi) is 5.80. The van der Waals surface area contributed by atoms with Crippen molar-refractivity contribution in [1.29, 1.82) is 0 Å². The van der Waals surface area contributed by atoms with E-state index in [1.165, 1.54) is 11.3 Å². The second-order valence-corrected chi connectivity index (χ2v) is 7.14. The van der Waals surface area contributed by atoms with Crippen LogP contribution in [-0.2, 0) is 4.79 Å². The van der Waals surface area contributed by atoms with Gasteiger partial charge in [-0.1, -0.05) is 11.2 Å². The molecule has 134 valence electrons. The third-order valence-electron chi connectivity index (χ3n) is 4.26. The van der Waals surface area contributed by atoms with Gasteiger partial charge >= 0.3 is 0 Å². The van der Waals surface area contributed by atoms with E-state index >= 15 is 0 Å². The number of likely N-dealkylation sites (tertiary alicyclic amines) is 1. The average Bonchev–Trinajstić information content (AvgIpc) is 3.30. The number of thiophene rings is 1. The fourth-order valence-electron chi connectivity index (χ4n) is 2.98. The first-order chi connectivity index (χ1) is 12.1. The monoisotopic (exact) mass is 362 g/mol. The number of carbonyl (C=O) groups excluding carboxylic acids is 2. The maximum absolute atomic E-state index is 12.4. The topological polar surface area (TPSA) is 88.3 Å². The van der Waals surface area contributed by atoms with Crippen molar-refractivity contribution < 1.29 is 14.1 Å². The summed E-state index contributed by atoms with van der Waals surface area (Å²) in [5.74, 6) is 1.41. The fraction of sp³-hybridized carbons (Fsp3) is 0.529. The first-order valence-electron chi connectivity index (χ1n) is 8.53. The molecule has 25 heavy (non-hydrogen) atoms. The average molecular weight is 362 g/mol. The molecule has 0 spiro atoms. The lowest BCUT2D eigenvalue weighted by Gasteiger charge is -2.31. The van der Waals surface area contributed by atoms with Crippen LogP contribution in [0.2, 0.25) is 0 Å². The van der Waals surface area contributed by atoms with Crippen LogP contribution in [-0.4, -0.2) is 46.5 Å². The molecule has 1 aliphatic heterocycles. The van der Waals surface area contributed by atoms with Crippen molar-refractivity contribution in [3.63, 3.8) is 0 Å². The SMILES string of the molecule is Cc1noc(C2CCCN(C(=O)CCCNC(=O)c3cccs3)C2)n1. The first-order valence-corrected chi connectivity index (χ1v) is 9.41. The normalized spacial score (nSPS) is 17.5. The van der Waals surface area contributed by atoms with Crippen LogP contribution in [0.5, 0.6) is 0 Å². The van der Waals surface area contributed by atoms with Crippen molar-refractivity contribution in [2.75, 3.05) is 19.6 Å². The Hall–Kier alpha value is -2.22. The molecule has 2 aromatic heterocycles. The number of aromatic nitrogens is 2. The Morgan fingerprint density at radius 3 is 3.08 bits per heavy atom. The van der Waals surface area contributed by atoms with Gasteiger partial charge in [-0.05, 0) is 37.6 Å². The van der Waals surface area contributed by atoms with E-state index in [2.05, 4.69) is 15.5 Å². The van der Waals surface area contributed by atoms with Crippen molar-refractivity contribution in [2.45, 2.75) is 38.5 Å². The minimum atomic E-state index is -0.0766. The van der Waals surface area contributed by atoms with Crippen LogP contribution in [0.15, 0.2) is 22.0 Å². The third kappa shape index (κ3) is 4.66. The second kappa shape index (κ2) is 8.24. The van der Waals surface area contributed by atoms with Crippen LogP contribution in [0.1, 0.15) is 53.0 Å². The minimum absolute atomic E-state index is 0.0766. The van der Waals surface area contributed by atoms with Gasteiger partial charge in [0.2, 0.25) is 11.8 Å². The van der Waals surface area contributed by atoms with Gasteiger partial charge in [-0.15, -0.1) is 11.3 Å². The highest BCUT2D eigenvalue weighted by Crippen LogP contribution is 2.26. The summed E-state index contributed by atoms with van der Waals surface area (Å²) in [6.45, 7) is 3.69. The Morgan fingerprint density at radius 2 is 2.36 bits per heavy atom. The van der Waals surface area contributed by atoms with Gasteiger partial charge in [0.25, 0.3) is 5.91 Å². The summed E-state index contributed by atoms with van der Waals surface area (Å²) in [6.07, 6.45) is 2.96. The predicted molar refractivity (Wildman–Crippen MR) is 93.5 cm³/mol. The largest absolute Gasteiger partial charge is 0.351 e.